The molecule has 1 aliphatic carbocycles. The number of aromatic nitrogens is 2. The summed E-state index contributed by atoms with van der Waals surface area (Å²) in [6.07, 6.45) is -3.89. The number of carbonyl (C=O) groups is 2. The first-order valence-corrected chi connectivity index (χ1v) is 8.43. The molecule has 26 heavy (non-hydrogen) atoms. The van der Waals surface area contributed by atoms with Gasteiger partial charge in [-0.2, -0.15) is 18.2 Å². The molecule has 1 N–H and O–H groups in total. The normalized spacial score (nSPS) is 30.2. The average molecular weight is 370 g/mol. The van der Waals surface area contributed by atoms with Gasteiger partial charge < -0.3 is 10.0 Å². The van der Waals surface area contributed by atoms with Crippen LogP contribution in [-0.2, 0) is 15.8 Å². The number of carbonyl (C=O) groups excluding carboxylic acids is 1. The van der Waals surface area contributed by atoms with Crippen LogP contribution in [0.2, 0.25) is 0 Å². The molecule has 2 saturated heterocycles. The lowest BCUT2D eigenvalue weighted by Crippen LogP contribution is -2.47. The number of rotatable bonds is 4. The molecule has 3 unspecified atom stereocenters. The van der Waals surface area contributed by atoms with E-state index in [0.29, 0.717) is 6.54 Å². The maximum Gasteiger partial charge on any atom is 0.433 e. The minimum Gasteiger partial charge on any atom is -0.481 e. The molecule has 4 atom stereocenters. The fraction of sp³-hybridized carbons (Fsp3) is 0.625. The van der Waals surface area contributed by atoms with E-state index < -0.39 is 23.8 Å². The number of alkyl halides is 3. The highest BCUT2D eigenvalue weighted by molar-refractivity contribution is 6.00. The lowest BCUT2D eigenvalue weighted by atomic mass is 10.1. The van der Waals surface area contributed by atoms with Crippen molar-refractivity contribution in [1.29, 1.82) is 0 Å². The van der Waals surface area contributed by atoms with Gasteiger partial charge in [-0.3, -0.25) is 14.5 Å². The van der Waals surface area contributed by atoms with E-state index in [4.69, 9.17) is 5.11 Å². The number of anilines is 2. The molecule has 3 fully saturated rings. The van der Waals surface area contributed by atoms with Gasteiger partial charge in [0.05, 0.1) is 0 Å². The van der Waals surface area contributed by atoms with Gasteiger partial charge in [-0.15, -0.1) is 0 Å². The predicted octanol–water partition coefficient (Wildman–Crippen LogP) is 1.78. The zero-order valence-corrected chi connectivity index (χ0v) is 13.9. The van der Waals surface area contributed by atoms with E-state index in [-0.39, 0.29) is 48.5 Å². The summed E-state index contributed by atoms with van der Waals surface area (Å²) in [7, 11) is 0. The number of halogens is 3. The molecule has 4 rings (SSSR count). The highest BCUT2D eigenvalue weighted by atomic mass is 19.4. The Kier molecular flexibility index (Phi) is 3.64. The fourth-order valence-corrected chi connectivity index (χ4v) is 3.87. The maximum absolute atomic E-state index is 13.2. The Hall–Kier alpha value is -2.39. The Morgan fingerprint density at radius 2 is 2.12 bits per heavy atom. The van der Waals surface area contributed by atoms with Crippen molar-refractivity contribution in [2.75, 3.05) is 22.9 Å². The lowest BCUT2D eigenvalue weighted by molar-refractivity contribution is -0.141. The number of piperidine rings is 1. The van der Waals surface area contributed by atoms with Gasteiger partial charge in [0.15, 0.2) is 5.69 Å². The summed E-state index contributed by atoms with van der Waals surface area (Å²) in [5, 5.41) is 8.85. The molecule has 7 nitrogen and oxygen atoms in total. The Morgan fingerprint density at radius 1 is 1.38 bits per heavy atom. The van der Waals surface area contributed by atoms with Gasteiger partial charge in [0.1, 0.15) is 5.82 Å². The molecule has 1 aromatic rings. The smallest absolute Gasteiger partial charge is 0.433 e. The fourth-order valence-electron chi connectivity index (χ4n) is 3.87. The summed E-state index contributed by atoms with van der Waals surface area (Å²) in [5.41, 5.74) is -1.08. The number of aliphatic carboxylic acids is 1. The van der Waals surface area contributed by atoms with Crippen molar-refractivity contribution < 1.29 is 27.9 Å². The SMILES string of the molecule is C[C@H]1CCN1c1nc(N2CC3C(CC(=O)O)C3C2=O)cc(C(F)(F)F)n1. The van der Waals surface area contributed by atoms with Crippen molar-refractivity contribution in [3.63, 3.8) is 0 Å². The maximum atomic E-state index is 13.2. The van der Waals surface area contributed by atoms with Crippen LogP contribution in [0.5, 0.6) is 0 Å². The van der Waals surface area contributed by atoms with Gasteiger partial charge in [-0.25, -0.2) is 4.98 Å². The molecule has 3 heterocycles. The van der Waals surface area contributed by atoms with Crippen molar-refractivity contribution >= 4 is 23.6 Å². The molecule has 140 valence electrons. The van der Waals surface area contributed by atoms with Gasteiger partial charge in [0.25, 0.3) is 0 Å². The van der Waals surface area contributed by atoms with Gasteiger partial charge in [-0.05, 0) is 25.2 Å². The Labute approximate surface area is 146 Å². The third kappa shape index (κ3) is 2.67. The first kappa shape index (κ1) is 17.0. The zero-order chi connectivity index (χ0) is 18.8. The standard InChI is InChI=1S/C16H17F3N4O3/c1-7-2-3-22(7)15-20-10(16(17,18)19)5-11(21-15)23-6-9-8(4-12(24)25)13(9)14(23)26/h5,7-9,13H,2-4,6H2,1H3,(H,24,25)/t7-,8?,9?,13?/m0/s1. The molecule has 1 saturated carbocycles. The minimum atomic E-state index is -4.64. The van der Waals surface area contributed by atoms with Crippen LogP contribution in [0.25, 0.3) is 0 Å². The van der Waals surface area contributed by atoms with Crippen LogP contribution in [0.3, 0.4) is 0 Å². The molecular formula is C16H17F3N4O3. The molecular weight excluding hydrogens is 353 g/mol. The number of hydrogen-bond acceptors (Lipinski definition) is 5. The van der Waals surface area contributed by atoms with Crippen molar-refractivity contribution in [2.24, 2.45) is 17.8 Å². The first-order chi connectivity index (χ1) is 12.2. The van der Waals surface area contributed by atoms with Gasteiger partial charge in [0, 0.05) is 37.5 Å². The highest BCUT2D eigenvalue weighted by Gasteiger charge is 2.62. The van der Waals surface area contributed by atoms with Gasteiger partial charge in [-0.1, -0.05) is 0 Å². The van der Waals surface area contributed by atoms with E-state index in [1.54, 1.807) is 4.90 Å². The van der Waals surface area contributed by atoms with Crippen molar-refractivity contribution in [3.8, 4) is 0 Å². The van der Waals surface area contributed by atoms with Crippen LogP contribution in [0, 0.1) is 17.8 Å². The van der Waals surface area contributed by atoms with E-state index in [9.17, 15) is 22.8 Å². The number of carboxylic acids is 1. The Morgan fingerprint density at radius 3 is 2.58 bits per heavy atom. The van der Waals surface area contributed by atoms with Gasteiger partial charge >= 0.3 is 12.1 Å². The summed E-state index contributed by atoms with van der Waals surface area (Å²) >= 11 is 0. The second-order valence-corrected chi connectivity index (χ2v) is 7.14. The number of hydrogen-bond donors (Lipinski definition) is 1. The van der Waals surface area contributed by atoms with E-state index >= 15 is 0 Å². The second kappa shape index (κ2) is 5.55. The Balaban J connectivity index is 1.62. The summed E-state index contributed by atoms with van der Waals surface area (Å²) in [5.74, 6) is -2.20. The van der Waals surface area contributed by atoms with Crippen LogP contribution in [0.1, 0.15) is 25.5 Å². The number of nitrogens with zero attached hydrogens (tertiary/aromatic N) is 4. The molecule has 0 aromatic carbocycles. The Bertz CT molecular complexity index is 784. The third-order valence-electron chi connectivity index (χ3n) is 5.53. The molecule has 1 aromatic heterocycles. The van der Waals surface area contributed by atoms with Crippen LogP contribution in [0.4, 0.5) is 24.9 Å². The zero-order valence-electron chi connectivity index (χ0n) is 13.9. The van der Waals surface area contributed by atoms with Gasteiger partial charge in [0.2, 0.25) is 11.9 Å². The largest absolute Gasteiger partial charge is 0.481 e. The summed E-state index contributed by atoms with van der Waals surface area (Å²) in [6, 6.07) is 0.844. The molecule has 0 spiro atoms. The van der Waals surface area contributed by atoms with Crippen LogP contribution >= 0.6 is 0 Å². The van der Waals surface area contributed by atoms with E-state index in [2.05, 4.69) is 9.97 Å². The number of carboxylic acid groups (broad SMARTS) is 1. The summed E-state index contributed by atoms with van der Waals surface area (Å²) in [4.78, 5) is 34.1. The average Bonchev–Trinajstić information content (AvgIpc) is 3.07. The van der Waals surface area contributed by atoms with Crippen LogP contribution < -0.4 is 9.80 Å². The molecule has 2 aliphatic heterocycles. The van der Waals surface area contributed by atoms with Crippen molar-refractivity contribution in [1.82, 2.24) is 9.97 Å². The summed E-state index contributed by atoms with van der Waals surface area (Å²) < 4.78 is 39.7. The lowest BCUT2D eigenvalue weighted by Gasteiger charge is -2.39. The quantitative estimate of drug-likeness (QED) is 0.869. The second-order valence-electron chi connectivity index (χ2n) is 7.14. The summed E-state index contributed by atoms with van der Waals surface area (Å²) in [6.45, 7) is 2.64. The van der Waals surface area contributed by atoms with Crippen LogP contribution in [0.15, 0.2) is 6.07 Å². The van der Waals surface area contributed by atoms with Crippen molar-refractivity contribution in [3.05, 3.63) is 11.8 Å². The molecule has 0 radical (unpaired) electrons. The van der Waals surface area contributed by atoms with Crippen molar-refractivity contribution in [2.45, 2.75) is 32.0 Å². The topological polar surface area (TPSA) is 86.6 Å². The molecule has 10 heteroatoms. The first-order valence-electron chi connectivity index (χ1n) is 8.43. The van der Waals surface area contributed by atoms with Crippen LogP contribution in [-0.4, -0.2) is 46.1 Å². The van der Waals surface area contributed by atoms with E-state index in [1.165, 1.54) is 4.90 Å². The molecule has 3 aliphatic rings. The molecule has 1 amide bonds. The van der Waals surface area contributed by atoms with E-state index in [0.717, 1.165) is 12.5 Å². The number of fused-ring (bicyclic) bond motifs is 1. The predicted molar refractivity (Wildman–Crippen MR) is 83.5 cm³/mol. The number of amides is 1. The third-order valence-corrected chi connectivity index (χ3v) is 5.53. The minimum absolute atomic E-state index is 0.0240. The monoisotopic (exact) mass is 370 g/mol. The van der Waals surface area contributed by atoms with E-state index in [1.807, 2.05) is 6.92 Å². The highest BCUT2D eigenvalue weighted by Crippen LogP contribution is 2.55. The molecule has 0 bridgehead atoms.